The van der Waals surface area contributed by atoms with Crippen LogP contribution in [0.2, 0.25) is 0 Å². The zero-order valence-electron chi connectivity index (χ0n) is 7.89. The number of rotatable bonds is 3. The molecule has 2 rings (SSSR count). The quantitative estimate of drug-likeness (QED) is 0.886. The molecule has 3 heteroatoms. The molecule has 0 aromatic heterocycles. The Hall–Kier alpha value is -0.410. The van der Waals surface area contributed by atoms with Crippen molar-refractivity contribution in [1.82, 2.24) is 0 Å². The molecular formula is C11H13BrFN. The highest BCUT2D eigenvalue weighted by Gasteiger charge is 2.37. The summed E-state index contributed by atoms with van der Waals surface area (Å²) in [5.41, 5.74) is 7.04. The minimum Gasteiger partial charge on any atom is -0.325 e. The molecule has 0 spiro atoms. The summed E-state index contributed by atoms with van der Waals surface area (Å²) in [5, 5.41) is 0. The van der Waals surface area contributed by atoms with Crippen LogP contribution in [0.1, 0.15) is 24.8 Å². The first kappa shape index (κ1) is 10.1. The molecule has 1 aliphatic rings. The molecule has 1 nitrogen and oxygen atoms in total. The molecule has 0 saturated heterocycles. The molecule has 0 radical (unpaired) electrons. The first-order valence-corrected chi connectivity index (χ1v) is 5.61. The molecule has 0 heterocycles. The van der Waals surface area contributed by atoms with Crippen LogP contribution in [-0.4, -0.2) is 5.54 Å². The summed E-state index contributed by atoms with van der Waals surface area (Å²) in [4.78, 5) is 0. The average molecular weight is 258 g/mol. The van der Waals surface area contributed by atoms with Crippen LogP contribution < -0.4 is 5.73 Å². The van der Waals surface area contributed by atoms with Crippen molar-refractivity contribution in [3.05, 3.63) is 34.1 Å². The van der Waals surface area contributed by atoms with Gasteiger partial charge in [0.1, 0.15) is 5.82 Å². The van der Waals surface area contributed by atoms with E-state index in [1.54, 1.807) is 6.07 Å². The summed E-state index contributed by atoms with van der Waals surface area (Å²) in [6.45, 7) is 0. The van der Waals surface area contributed by atoms with Gasteiger partial charge in [0.05, 0.1) is 0 Å². The Morgan fingerprint density at radius 3 is 2.64 bits per heavy atom. The van der Waals surface area contributed by atoms with Crippen molar-refractivity contribution in [3.8, 4) is 0 Å². The van der Waals surface area contributed by atoms with Gasteiger partial charge in [0.2, 0.25) is 0 Å². The third-order valence-electron chi connectivity index (χ3n) is 2.73. The SMILES string of the molecule is NC1(CCc2cc(F)cc(Br)c2)CC1. The minimum absolute atomic E-state index is 0.0544. The van der Waals surface area contributed by atoms with Crippen molar-refractivity contribution in [2.75, 3.05) is 0 Å². The molecule has 1 fully saturated rings. The maximum absolute atomic E-state index is 13.0. The van der Waals surface area contributed by atoms with Gasteiger partial charge in [-0.3, -0.25) is 0 Å². The number of halogens is 2. The minimum atomic E-state index is -0.184. The van der Waals surface area contributed by atoms with Gasteiger partial charge in [-0.1, -0.05) is 15.9 Å². The molecule has 76 valence electrons. The fourth-order valence-electron chi connectivity index (χ4n) is 1.56. The van der Waals surface area contributed by atoms with Gasteiger partial charge < -0.3 is 5.73 Å². The van der Waals surface area contributed by atoms with Crippen molar-refractivity contribution in [2.45, 2.75) is 31.2 Å². The van der Waals surface area contributed by atoms with E-state index >= 15 is 0 Å². The van der Waals surface area contributed by atoms with Crippen molar-refractivity contribution >= 4 is 15.9 Å². The normalized spacial score (nSPS) is 18.2. The number of hydrogen-bond acceptors (Lipinski definition) is 1. The molecule has 1 aromatic rings. The van der Waals surface area contributed by atoms with Crippen LogP contribution in [0.3, 0.4) is 0 Å². The Balaban J connectivity index is 2.01. The van der Waals surface area contributed by atoms with E-state index in [1.165, 1.54) is 6.07 Å². The second kappa shape index (κ2) is 3.63. The summed E-state index contributed by atoms with van der Waals surface area (Å²) in [6, 6.07) is 5.00. The lowest BCUT2D eigenvalue weighted by Crippen LogP contribution is -2.22. The highest BCUT2D eigenvalue weighted by atomic mass is 79.9. The Morgan fingerprint density at radius 2 is 2.07 bits per heavy atom. The third kappa shape index (κ3) is 2.55. The molecule has 1 saturated carbocycles. The van der Waals surface area contributed by atoms with E-state index < -0.39 is 0 Å². The fourth-order valence-corrected chi connectivity index (χ4v) is 2.07. The van der Waals surface area contributed by atoms with Crippen molar-refractivity contribution in [1.29, 1.82) is 0 Å². The Kier molecular flexibility index (Phi) is 2.62. The van der Waals surface area contributed by atoms with E-state index in [0.29, 0.717) is 0 Å². The van der Waals surface area contributed by atoms with E-state index in [9.17, 15) is 4.39 Å². The van der Waals surface area contributed by atoms with Gasteiger partial charge in [-0.15, -0.1) is 0 Å². The molecule has 0 unspecified atom stereocenters. The standard InChI is InChI=1S/C11H13BrFN/c12-9-5-8(6-10(13)7-9)1-2-11(14)3-4-11/h5-7H,1-4,14H2. The van der Waals surface area contributed by atoms with Gasteiger partial charge in [-0.25, -0.2) is 4.39 Å². The summed E-state index contributed by atoms with van der Waals surface area (Å²) in [5.74, 6) is -0.184. The van der Waals surface area contributed by atoms with Crippen LogP contribution in [0.15, 0.2) is 22.7 Å². The first-order chi connectivity index (χ1) is 6.57. The highest BCUT2D eigenvalue weighted by Crippen LogP contribution is 2.36. The van der Waals surface area contributed by atoms with Crippen LogP contribution in [0.4, 0.5) is 4.39 Å². The molecule has 0 amide bonds. The molecule has 1 aromatic carbocycles. The predicted octanol–water partition coefficient (Wildman–Crippen LogP) is 3.01. The largest absolute Gasteiger partial charge is 0.325 e. The van der Waals surface area contributed by atoms with Gasteiger partial charge in [0.25, 0.3) is 0 Å². The number of aryl methyl sites for hydroxylation is 1. The van der Waals surface area contributed by atoms with Crippen LogP contribution in [0.25, 0.3) is 0 Å². The smallest absolute Gasteiger partial charge is 0.124 e. The second-order valence-corrected chi connectivity index (χ2v) is 5.06. The zero-order valence-corrected chi connectivity index (χ0v) is 9.48. The maximum atomic E-state index is 13.0. The third-order valence-corrected chi connectivity index (χ3v) is 3.18. The van der Waals surface area contributed by atoms with E-state index in [0.717, 1.165) is 35.7 Å². The fraction of sp³-hybridized carbons (Fsp3) is 0.455. The van der Waals surface area contributed by atoms with Crippen LogP contribution in [0.5, 0.6) is 0 Å². The van der Waals surface area contributed by atoms with E-state index in [1.807, 2.05) is 6.07 Å². The van der Waals surface area contributed by atoms with Gasteiger partial charge in [-0.05, 0) is 49.4 Å². The molecule has 0 aliphatic heterocycles. The van der Waals surface area contributed by atoms with Crippen LogP contribution >= 0.6 is 15.9 Å². The first-order valence-electron chi connectivity index (χ1n) is 4.81. The summed E-state index contributed by atoms with van der Waals surface area (Å²) >= 11 is 3.28. The molecular weight excluding hydrogens is 245 g/mol. The van der Waals surface area contributed by atoms with Gasteiger partial charge in [-0.2, -0.15) is 0 Å². The van der Waals surface area contributed by atoms with Crippen LogP contribution in [-0.2, 0) is 6.42 Å². The second-order valence-electron chi connectivity index (χ2n) is 4.14. The average Bonchev–Trinajstić information content (AvgIpc) is 2.80. The Morgan fingerprint density at radius 1 is 1.36 bits per heavy atom. The van der Waals surface area contributed by atoms with Crippen LogP contribution in [0, 0.1) is 5.82 Å². The van der Waals surface area contributed by atoms with Crippen molar-refractivity contribution in [2.24, 2.45) is 5.73 Å². The topological polar surface area (TPSA) is 26.0 Å². The molecule has 0 atom stereocenters. The van der Waals surface area contributed by atoms with E-state index in [4.69, 9.17) is 5.73 Å². The number of hydrogen-bond donors (Lipinski definition) is 1. The molecule has 0 bridgehead atoms. The predicted molar refractivity (Wildman–Crippen MR) is 58.6 cm³/mol. The van der Waals surface area contributed by atoms with Crippen molar-refractivity contribution in [3.63, 3.8) is 0 Å². The zero-order chi connectivity index (χ0) is 10.2. The lowest BCUT2D eigenvalue weighted by molar-refractivity contribution is 0.599. The number of benzene rings is 1. The lowest BCUT2D eigenvalue weighted by Gasteiger charge is -2.08. The molecule has 1 aliphatic carbocycles. The van der Waals surface area contributed by atoms with E-state index in [-0.39, 0.29) is 11.4 Å². The maximum Gasteiger partial charge on any atom is 0.124 e. The Labute approximate surface area is 91.6 Å². The van der Waals surface area contributed by atoms with Gasteiger partial charge in [0.15, 0.2) is 0 Å². The highest BCUT2D eigenvalue weighted by molar-refractivity contribution is 9.10. The monoisotopic (exact) mass is 257 g/mol. The molecule has 14 heavy (non-hydrogen) atoms. The lowest BCUT2D eigenvalue weighted by atomic mass is 10.0. The summed E-state index contributed by atoms with van der Waals surface area (Å²) < 4.78 is 13.8. The number of nitrogens with two attached hydrogens (primary N) is 1. The summed E-state index contributed by atoms with van der Waals surface area (Å²) in [7, 11) is 0. The van der Waals surface area contributed by atoms with Crippen molar-refractivity contribution < 1.29 is 4.39 Å². The van der Waals surface area contributed by atoms with Gasteiger partial charge in [0, 0.05) is 10.0 Å². The molecule has 2 N–H and O–H groups in total. The Bertz CT molecular complexity index is 327. The van der Waals surface area contributed by atoms with Gasteiger partial charge >= 0.3 is 0 Å². The summed E-state index contributed by atoms with van der Waals surface area (Å²) in [6.07, 6.45) is 4.06. The van der Waals surface area contributed by atoms with E-state index in [2.05, 4.69) is 15.9 Å².